The summed E-state index contributed by atoms with van der Waals surface area (Å²) in [5.74, 6) is 0.109. The van der Waals surface area contributed by atoms with Crippen LogP contribution in [0, 0.1) is 10.1 Å². The van der Waals surface area contributed by atoms with Crippen LogP contribution in [0.3, 0.4) is 0 Å². The number of carbonyl (C=O) groups is 1. The first-order valence-electron chi connectivity index (χ1n) is 7.98. The molecule has 10 nitrogen and oxygen atoms in total. The van der Waals surface area contributed by atoms with Crippen LogP contribution in [-0.4, -0.2) is 20.8 Å². The van der Waals surface area contributed by atoms with Crippen molar-refractivity contribution in [2.45, 2.75) is 13.0 Å². The van der Waals surface area contributed by atoms with Crippen molar-refractivity contribution in [3.63, 3.8) is 0 Å². The van der Waals surface area contributed by atoms with Gasteiger partial charge in [0.1, 0.15) is 12.1 Å². The number of nitrogens with one attached hydrogen (secondary N) is 3. The van der Waals surface area contributed by atoms with Gasteiger partial charge in [-0.2, -0.15) is 0 Å². The van der Waals surface area contributed by atoms with Crippen LogP contribution in [0.2, 0.25) is 0 Å². The number of aromatic nitrogens is 2. The van der Waals surface area contributed by atoms with E-state index in [4.69, 9.17) is 4.42 Å². The van der Waals surface area contributed by atoms with E-state index in [9.17, 15) is 14.9 Å². The molecule has 3 aromatic rings. The third kappa shape index (κ3) is 4.78. The Morgan fingerprint density at radius 2 is 1.89 bits per heavy atom. The Bertz CT molecular complexity index is 914. The van der Waals surface area contributed by atoms with Gasteiger partial charge >= 0.3 is 5.69 Å². The number of anilines is 2. The molecule has 0 saturated carbocycles. The fourth-order valence-electron chi connectivity index (χ4n) is 2.31. The number of hydrogen-bond donors (Lipinski definition) is 3. The molecule has 0 spiro atoms. The fourth-order valence-corrected chi connectivity index (χ4v) is 2.31. The fraction of sp³-hybridized carbons (Fsp3) is 0.118. The lowest BCUT2D eigenvalue weighted by Crippen LogP contribution is -2.31. The van der Waals surface area contributed by atoms with Crippen molar-refractivity contribution >= 4 is 23.2 Å². The smallest absolute Gasteiger partial charge is 0.354 e. The van der Waals surface area contributed by atoms with Crippen LogP contribution in [-0.2, 0) is 17.8 Å². The van der Waals surface area contributed by atoms with Crippen molar-refractivity contribution < 1.29 is 14.1 Å². The molecule has 2 heterocycles. The monoisotopic (exact) mass is 368 g/mol. The van der Waals surface area contributed by atoms with Crippen molar-refractivity contribution in [1.82, 2.24) is 15.4 Å². The Morgan fingerprint density at radius 1 is 1.11 bits per heavy atom. The van der Waals surface area contributed by atoms with E-state index in [1.807, 2.05) is 30.3 Å². The molecule has 0 fully saturated rings. The topological polar surface area (TPSA) is 135 Å². The zero-order chi connectivity index (χ0) is 19.1. The third-order valence-electron chi connectivity index (χ3n) is 3.54. The quantitative estimate of drug-likeness (QED) is 0.407. The number of furan rings is 1. The molecule has 0 saturated heterocycles. The highest BCUT2D eigenvalue weighted by molar-refractivity contribution is 5.80. The van der Waals surface area contributed by atoms with Gasteiger partial charge < -0.3 is 9.73 Å². The van der Waals surface area contributed by atoms with Gasteiger partial charge in [0.25, 0.3) is 0 Å². The molecule has 138 valence electrons. The molecule has 0 aliphatic carbocycles. The molecule has 27 heavy (non-hydrogen) atoms. The van der Waals surface area contributed by atoms with Gasteiger partial charge in [-0.05, 0) is 17.7 Å². The predicted molar refractivity (Wildman–Crippen MR) is 96.6 cm³/mol. The molecular formula is C17H16N6O4. The first-order valence-corrected chi connectivity index (χ1v) is 7.98. The van der Waals surface area contributed by atoms with Crippen LogP contribution in [0.1, 0.15) is 11.3 Å². The van der Waals surface area contributed by atoms with Crippen molar-refractivity contribution in [3.8, 4) is 0 Å². The Hall–Kier alpha value is -3.95. The van der Waals surface area contributed by atoms with Gasteiger partial charge in [0.15, 0.2) is 0 Å². The van der Waals surface area contributed by atoms with Gasteiger partial charge in [-0.3, -0.25) is 25.8 Å². The maximum atomic E-state index is 12.0. The first kappa shape index (κ1) is 17.9. The highest BCUT2D eigenvalue weighted by atomic mass is 16.6. The normalized spacial score (nSPS) is 10.2. The van der Waals surface area contributed by atoms with Gasteiger partial charge in [0.2, 0.25) is 17.5 Å². The number of hydrazine groups is 1. The van der Waals surface area contributed by atoms with Crippen LogP contribution in [0.25, 0.3) is 0 Å². The van der Waals surface area contributed by atoms with Crippen LogP contribution in [0.15, 0.2) is 59.5 Å². The van der Waals surface area contributed by atoms with E-state index in [0.29, 0.717) is 5.76 Å². The van der Waals surface area contributed by atoms with E-state index >= 15 is 0 Å². The Morgan fingerprint density at radius 3 is 2.59 bits per heavy atom. The molecule has 0 aliphatic heterocycles. The molecule has 0 aliphatic rings. The van der Waals surface area contributed by atoms with Crippen LogP contribution < -0.4 is 16.2 Å². The van der Waals surface area contributed by atoms with E-state index < -0.39 is 4.92 Å². The van der Waals surface area contributed by atoms with Gasteiger partial charge in [0.05, 0.1) is 24.2 Å². The van der Waals surface area contributed by atoms with Crippen molar-refractivity contribution in [3.05, 3.63) is 76.5 Å². The zero-order valence-corrected chi connectivity index (χ0v) is 14.1. The highest BCUT2D eigenvalue weighted by Gasteiger charge is 2.23. The van der Waals surface area contributed by atoms with Gasteiger partial charge in [-0.1, -0.05) is 30.3 Å². The summed E-state index contributed by atoms with van der Waals surface area (Å²) >= 11 is 0. The summed E-state index contributed by atoms with van der Waals surface area (Å²) in [6.45, 7) is 0.213. The second kappa shape index (κ2) is 8.43. The SMILES string of the molecule is O=C(Cc1ccccc1)NNc1ncnc(NCc2ccco2)c1[N+](=O)[O-]. The van der Waals surface area contributed by atoms with E-state index in [-0.39, 0.29) is 36.2 Å². The number of carbonyl (C=O) groups excluding carboxylic acids is 1. The van der Waals surface area contributed by atoms with E-state index in [2.05, 4.69) is 26.1 Å². The average Bonchev–Trinajstić information content (AvgIpc) is 3.19. The predicted octanol–water partition coefficient (Wildman–Crippen LogP) is 2.28. The van der Waals surface area contributed by atoms with Crippen LogP contribution in [0.5, 0.6) is 0 Å². The molecular weight excluding hydrogens is 352 g/mol. The van der Waals surface area contributed by atoms with Gasteiger partial charge in [-0.15, -0.1) is 0 Å². The number of amides is 1. The highest BCUT2D eigenvalue weighted by Crippen LogP contribution is 2.28. The lowest BCUT2D eigenvalue weighted by atomic mass is 10.1. The lowest BCUT2D eigenvalue weighted by Gasteiger charge is -2.10. The summed E-state index contributed by atoms with van der Waals surface area (Å²) in [6, 6.07) is 12.5. The molecule has 2 aromatic heterocycles. The number of benzene rings is 1. The summed E-state index contributed by atoms with van der Waals surface area (Å²) in [6.07, 6.45) is 2.78. The minimum atomic E-state index is -0.629. The molecule has 0 atom stereocenters. The van der Waals surface area contributed by atoms with Crippen molar-refractivity contribution in [2.75, 3.05) is 10.7 Å². The molecule has 0 unspecified atom stereocenters. The number of nitrogens with zero attached hydrogens (tertiary/aromatic N) is 3. The summed E-state index contributed by atoms with van der Waals surface area (Å²) in [5.41, 5.74) is 5.33. The molecule has 1 amide bonds. The summed E-state index contributed by atoms with van der Waals surface area (Å²) in [5, 5.41) is 14.3. The number of hydrogen-bond acceptors (Lipinski definition) is 8. The van der Waals surface area contributed by atoms with Gasteiger partial charge in [0, 0.05) is 0 Å². The largest absolute Gasteiger partial charge is 0.467 e. The zero-order valence-electron chi connectivity index (χ0n) is 14.1. The second-order valence-electron chi connectivity index (χ2n) is 5.45. The minimum absolute atomic E-state index is 0.00575. The van der Waals surface area contributed by atoms with E-state index in [0.717, 1.165) is 11.9 Å². The number of nitro groups is 1. The molecule has 3 N–H and O–H groups in total. The minimum Gasteiger partial charge on any atom is -0.467 e. The van der Waals surface area contributed by atoms with Gasteiger partial charge in [-0.25, -0.2) is 9.97 Å². The standard InChI is InChI=1S/C17H16N6O4/c24-14(9-12-5-2-1-3-6-12)21-22-17-15(23(25)26)16(19-11-20-17)18-10-13-7-4-8-27-13/h1-8,11H,9-10H2,(H,21,24)(H2,18,19,20,22). The Balaban J connectivity index is 1.68. The molecule has 0 radical (unpaired) electrons. The van der Waals surface area contributed by atoms with Crippen molar-refractivity contribution in [1.29, 1.82) is 0 Å². The molecule has 1 aromatic carbocycles. The lowest BCUT2D eigenvalue weighted by molar-refractivity contribution is -0.383. The molecule has 0 bridgehead atoms. The maximum Gasteiger partial charge on any atom is 0.354 e. The second-order valence-corrected chi connectivity index (χ2v) is 5.45. The maximum absolute atomic E-state index is 12.0. The van der Waals surface area contributed by atoms with Crippen LogP contribution in [0.4, 0.5) is 17.3 Å². The number of rotatable bonds is 8. The molecule has 10 heteroatoms. The van der Waals surface area contributed by atoms with E-state index in [1.54, 1.807) is 12.1 Å². The Labute approximate surface area is 153 Å². The van der Waals surface area contributed by atoms with E-state index in [1.165, 1.54) is 6.26 Å². The summed E-state index contributed by atoms with van der Waals surface area (Å²) < 4.78 is 5.17. The summed E-state index contributed by atoms with van der Waals surface area (Å²) in [7, 11) is 0. The van der Waals surface area contributed by atoms with Crippen LogP contribution >= 0.6 is 0 Å². The molecule has 3 rings (SSSR count). The third-order valence-corrected chi connectivity index (χ3v) is 3.54. The average molecular weight is 368 g/mol. The Kier molecular flexibility index (Phi) is 5.57. The van der Waals surface area contributed by atoms with Crippen molar-refractivity contribution in [2.24, 2.45) is 0 Å². The first-order chi connectivity index (χ1) is 13.1. The summed E-state index contributed by atoms with van der Waals surface area (Å²) in [4.78, 5) is 30.6.